The second-order valence-electron chi connectivity index (χ2n) is 4.92. The molecule has 1 saturated heterocycles. The first-order chi connectivity index (χ1) is 10.8. The van der Waals surface area contributed by atoms with Crippen molar-refractivity contribution in [2.75, 3.05) is 23.5 Å². The molecule has 2 unspecified atom stereocenters. The summed E-state index contributed by atoms with van der Waals surface area (Å²) in [5.41, 5.74) is 0.277. The Balaban J connectivity index is 2.13. The number of benzene rings is 1. The Kier molecular flexibility index (Phi) is 5.78. The molecule has 1 aliphatic heterocycles. The van der Waals surface area contributed by atoms with Crippen LogP contribution >= 0.6 is 23.2 Å². The van der Waals surface area contributed by atoms with E-state index in [2.05, 4.69) is 4.74 Å². The summed E-state index contributed by atoms with van der Waals surface area (Å²) < 4.78 is 16.3. The molecule has 0 N–H and O–H groups in total. The van der Waals surface area contributed by atoms with Crippen molar-refractivity contribution in [3.8, 4) is 0 Å². The van der Waals surface area contributed by atoms with Gasteiger partial charge in [0.1, 0.15) is 5.75 Å². The van der Waals surface area contributed by atoms with Gasteiger partial charge in [-0.25, -0.2) is 0 Å². The van der Waals surface area contributed by atoms with Crippen molar-refractivity contribution >= 4 is 57.5 Å². The van der Waals surface area contributed by atoms with Crippen LogP contribution in [-0.4, -0.2) is 40.6 Å². The molecule has 2 rings (SSSR count). The fourth-order valence-electron chi connectivity index (χ4n) is 2.24. The zero-order valence-corrected chi connectivity index (χ0v) is 14.4. The highest BCUT2D eigenvalue weighted by molar-refractivity contribution is 7.85. The topological polar surface area (TPSA) is 80.8 Å². The van der Waals surface area contributed by atoms with Gasteiger partial charge in [-0.2, -0.15) is 0 Å². The normalized spacial score (nSPS) is 19.1. The molecular weight excluding hydrogens is 365 g/mol. The molecule has 0 bridgehead atoms. The highest BCUT2D eigenvalue weighted by Gasteiger charge is 2.40. The number of hydrogen-bond donors (Lipinski definition) is 0. The van der Waals surface area contributed by atoms with Crippen molar-refractivity contribution in [1.29, 1.82) is 0 Å². The van der Waals surface area contributed by atoms with Crippen molar-refractivity contribution in [1.82, 2.24) is 0 Å². The van der Waals surface area contributed by atoms with Crippen LogP contribution in [0.5, 0.6) is 0 Å². The van der Waals surface area contributed by atoms with Crippen LogP contribution in [0.25, 0.3) is 0 Å². The number of halogens is 2. The van der Waals surface area contributed by atoms with Crippen LogP contribution in [0, 0.1) is 5.92 Å². The molecule has 6 nitrogen and oxygen atoms in total. The van der Waals surface area contributed by atoms with Gasteiger partial charge in [-0.05, 0) is 18.2 Å². The number of rotatable bonds is 5. The van der Waals surface area contributed by atoms with Gasteiger partial charge in [-0.3, -0.25) is 23.5 Å². The van der Waals surface area contributed by atoms with Crippen LogP contribution in [0.3, 0.4) is 0 Å². The summed E-state index contributed by atoms with van der Waals surface area (Å²) in [6.45, 7) is 0. The predicted octanol–water partition coefficient (Wildman–Crippen LogP) is 1.79. The van der Waals surface area contributed by atoms with Gasteiger partial charge in [-0.15, -0.1) is 0 Å². The Hall–Kier alpha value is -1.44. The number of methoxy groups -OCH3 is 1. The highest BCUT2D eigenvalue weighted by Crippen LogP contribution is 2.31. The average molecular weight is 378 g/mol. The van der Waals surface area contributed by atoms with Gasteiger partial charge in [0.25, 0.3) is 0 Å². The summed E-state index contributed by atoms with van der Waals surface area (Å²) in [4.78, 5) is 36.6. The minimum absolute atomic E-state index is 0.0735. The van der Waals surface area contributed by atoms with Crippen LogP contribution in [0.4, 0.5) is 5.69 Å². The SMILES string of the molecule is COC(=O)CS(=O)CC1CC(=O)N(c2cc(Cl)cc(Cl)c2)C1=O. The molecule has 1 aromatic carbocycles. The maximum Gasteiger partial charge on any atom is 0.318 e. The lowest BCUT2D eigenvalue weighted by molar-refractivity contribution is -0.137. The molecule has 2 atom stereocenters. The first kappa shape index (κ1) is 17.9. The minimum Gasteiger partial charge on any atom is -0.468 e. The Morgan fingerprint density at radius 2 is 1.91 bits per heavy atom. The summed E-state index contributed by atoms with van der Waals surface area (Å²) in [5.74, 6) is -2.66. The molecule has 2 amide bonds. The fourth-order valence-corrected chi connectivity index (χ4v) is 3.96. The molecule has 9 heteroatoms. The largest absolute Gasteiger partial charge is 0.468 e. The van der Waals surface area contributed by atoms with Crippen molar-refractivity contribution in [3.05, 3.63) is 28.2 Å². The second kappa shape index (κ2) is 7.42. The molecule has 0 aliphatic carbocycles. The molecule has 1 heterocycles. The van der Waals surface area contributed by atoms with Crippen LogP contribution < -0.4 is 4.90 Å². The number of carbonyl (C=O) groups excluding carboxylic acids is 3. The van der Waals surface area contributed by atoms with Crippen LogP contribution in [0.1, 0.15) is 6.42 Å². The van der Waals surface area contributed by atoms with E-state index in [0.29, 0.717) is 10.0 Å². The number of nitrogens with zero attached hydrogens (tertiary/aromatic N) is 1. The highest BCUT2D eigenvalue weighted by atomic mass is 35.5. The molecular formula is C14H13Cl2NO5S. The standard InChI is InChI=1S/C14H13Cl2NO5S/c1-22-13(19)7-23(21)6-8-2-12(18)17(14(8)20)11-4-9(15)3-10(16)5-11/h3-5,8H,2,6-7H2,1H3. The summed E-state index contributed by atoms with van der Waals surface area (Å²) in [6, 6.07) is 4.40. The number of carbonyl (C=O) groups is 3. The van der Waals surface area contributed by atoms with E-state index in [-0.39, 0.29) is 23.6 Å². The third-order valence-corrected chi connectivity index (χ3v) is 5.01. The fraction of sp³-hybridized carbons (Fsp3) is 0.357. The van der Waals surface area contributed by atoms with E-state index in [9.17, 15) is 18.6 Å². The Bertz CT molecular complexity index is 673. The zero-order chi connectivity index (χ0) is 17.1. The predicted molar refractivity (Wildman–Crippen MR) is 87.0 cm³/mol. The molecule has 23 heavy (non-hydrogen) atoms. The summed E-state index contributed by atoms with van der Waals surface area (Å²) >= 11 is 11.8. The maximum absolute atomic E-state index is 12.4. The molecule has 0 radical (unpaired) electrons. The van der Waals surface area contributed by atoms with Crippen molar-refractivity contribution in [2.45, 2.75) is 6.42 Å². The second-order valence-corrected chi connectivity index (χ2v) is 7.30. The minimum atomic E-state index is -1.58. The van der Waals surface area contributed by atoms with E-state index >= 15 is 0 Å². The first-order valence-electron chi connectivity index (χ1n) is 6.56. The number of ether oxygens (including phenoxy) is 1. The lowest BCUT2D eigenvalue weighted by atomic mass is 10.1. The Morgan fingerprint density at radius 1 is 1.30 bits per heavy atom. The van der Waals surface area contributed by atoms with E-state index in [0.717, 1.165) is 4.90 Å². The molecule has 124 valence electrons. The van der Waals surface area contributed by atoms with Gasteiger partial charge >= 0.3 is 5.97 Å². The third kappa shape index (κ3) is 4.31. The molecule has 0 aromatic heterocycles. The van der Waals surface area contributed by atoms with E-state index in [4.69, 9.17) is 23.2 Å². The number of hydrogen-bond acceptors (Lipinski definition) is 5. The van der Waals surface area contributed by atoms with Gasteiger partial charge in [0, 0.05) is 33.0 Å². The Morgan fingerprint density at radius 3 is 2.48 bits per heavy atom. The van der Waals surface area contributed by atoms with Gasteiger partial charge in [0.05, 0.1) is 18.7 Å². The first-order valence-corrected chi connectivity index (χ1v) is 8.81. The lowest BCUT2D eigenvalue weighted by Crippen LogP contribution is -2.32. The molecule has 1 fully saturated rings. The molecule has 0 spiro atoms. The number of imide groups is 1. The summed E-state index contributed by atoms with van der Waals surface area (Å²) in [6.07, 6.45) is -0.0735. The van der Waals surface area contributed by atoms with E-state index in [1.165, 1.54) is 25.3 Å². The van der Waals surface area contributed by atoms with E-state index in [1.807, 2.05) is 0 Å². The van der Waals surface area contributed by atoms with Gasteiger partial charge < -0.3 is 4.74 Å². The number of anilines is 1. The van der Waals surface area contributed by atoms with Crippen LogP contribution in [-0.2, 0) is 29.9 Å². The maximum atomic E-state index is 12.4. The van der Waals surface area contributed by atoms with E-state index in [1.54, 1.807) is 0 Å². The summed E-state index contributed by atoms with van der Waals surface area (Å²) in [5, 5.41) is 0.594. The van der Waals surface area contributed by atoms with Crippen LogP contribution in [0.15, 0.2) is 18.2 Å². The van der Waals surface area contributed by atoms with Gasteiger partial charge in [0.15, 0.2) is 0 Å². The van der Waals surface area contributed by atoms with Crippen molar-refractivity contribution in [2.24, 2.45) is 5.92 Å². The van der Waals surface area contributed by atoms with Crippen molar-refractivity contribution in [3.63, 3.8) is 0 Å². The van der Waals surface area contributed by atoms with Gasteiger partial charge in [-0.1, -0.05) is 23.2 Å². The monoisotopic (exact) mass is 377 g/mol. The lowest BCUT2D eigenvalue weighted by Gasteiger charge is -2.15. The van der Waals surface area contributed by atoms with Crippen LogP contribution in [0.2, 0.25) is 10.0 Å². The number of esters is 1. The number of amides is 2. The smallest absolute Gasteiger partial charge is 0.318 e. The zero-order valence-electron chi connectivity index (χ0n) is 12.1. The molecule has 1 aromatic rings. The quantitative estimate of drug-likeness (QED) is 0.577. The van der Waals surface area contributed by atoms with E-state index < -0.39 is 34.5 Å². The summed E-state index contributed by atoms with van der Waals surface area (Å²) in [7, 11) is -0.393. The molecule has 0 saturated carbocycles. The van der Waals surface area contributed by atoms with Crippen molar-refractivity contribution < 1.29 is 23.3 Å². The average Bonchev–Trinajstić information content (AvgIpc) is 2.71. The Labute approximate surface area is 145 Å². The third-order valence-electron chi connectivity index (χ3n) is 3.24. The van der Waals surface area contributed by atoms with Gasteiger partial charge in [0.2, 0.25) is 11.8 Å². The molecule has 1 aliphatic rings.